The van der Waals surface area contributed by atoms with Crippen molar-refractivity contribution in [3.8, 4) is 5.75 Å². The van der Waals surface area contributed by atoms with E-state index in [0.29, 0.717) is 16.3 Å². The molecule has 0 aliphatic carbocycles. The Hall–Kier alpha value is -2.32. The summed E-state index contributed by atoms with van der Waals surface area (Å²) in [4.78, 5) is 31.8. The summed E-state index contributed by atoms with van der Waals surface area (Å²) in [5.74, 6) is -1.52. The Kier molecular flexibility index (Phi) is 4.33. The lowest BCUT2D eigenvalue weighted by Gasteiger charge is -2.17. The Morgan fingerprint density at radius 3 is 3.00 bits per heavy atom. The summed E-state index contributed by atoms with van der Waals surface area (Å²) in [6.45, 7) is 1.66. The second-order valence-corrected chi connectivity index (χ2v) is 6.49. The summed E-state index contributed by atoms with van der Waals surface area (Å²) in [5, 5.41) is 12.3. The van der Waals surface area contributed by atoms with E-state index in [2.05, 4.69) is 9.97 Å². The quantitative estimate of drug-likeness (QED) is 0.690. The fraction of sp³-hybridized carbons (Fsp3) is 0.267. The second kappa shape index (κ2) is 6.29. The molecule has 0 amide bonds. The number of aromatic hydroxyl groups is 1. The van der Waals surface area contributed by atoms with Crippen LogP contribution in [0.2, 0.25) is 5.15 Å². The van der Waals surface area contributed by atoms with Crippen molar-refractivity contribution in [2.24, 2.45) is 0 Å². The van der Waals surface area contributed by atoms with Crippen molar-refractivity contribution < 1.29 is 14.6 Å². The molecule has 0 fully saturated rings. The molecule has 3 rings (SSSR count). The van der Waals surface area contributed by atoms with Crippen molar-refractivity contribution in [2.75, 3.05) is 7.11 Å². The molecule has 24 heavy (non-hydrogen) atoms. The van der Waals surface area contributed by atoms with Crippen molar-refractivity contribution in [1.82, 2.24) is 14.4 Å². The first-order chi connectivity index (χ1) is 11.4. The number of aromatic nitrogens is 3. The van der Waals surface area contributed by atoms with Gasteiger partial charge in [0.2, 0.25) is 0 Å². The third-order valence-electron chi connectivity index (χ3n) is 3.72. The SMILES string of the molecule is COC(=O)C[C@H](c1c(O)cc(C)[nH]c1=O)c1c(Cl)nc2sccn12. The van der Waals surface area contributed by atoms with Crippen molar-refractivity contribution >= 4 is 33.9 Å². The maximum Gasteiger partial charge on any atom is 0.306 e. The molecule has 1 atom stereocenters. The molecule has 0 bridgehead atoms. The number of pyridine rings is 1. The number of esters is 1. The molecule has 3 aromatic heterocycles. The first-order valence-electron chi connectivity index (χ1n) is 7.03. The zero-order valence-corrected chi connectivity index (χ0v) is 14.4. The number of carbonyl (C=O) groups is 1. The molecule has 0 saturated carbocycles. The van der Waals surface area contributed by atoms with Gasteiger partial charge in [-0.1, -0.05) is 11.6 Å². The molecular formula is C15H14ClN3O4S. The molecule has 0 unspecified atom stereocenters. The van der Waals surface area contributed by atoms with E-state index in [9.17, 15) is 14.7 Å². The molecule has 0 saturated heterocycles. The third kappa shape index (κ3) is 2.78. The van der Waals surface area contributed by atoms with Crippen LogP contribution in [0.3, 0.4) is 0 Å². The van der Waals surface area contributed by atoms with E-state index < -0.39 is 17.4 Å². The number of nitrogens with one attached hydrogen (secondary N) is 1. The number of hydrogen-bond acceptors (Lipinski definition) is 6. The summed E-state index contributed by atoms with van der Waals surface area (Å²) < 4.78 is 6.44. The highest BCUT2D eigenvalue weighted by Crippen LogP contribution is 2.36. The predicted molar refractivity (Wildman–Crippen MR) is 90.0 cm³/mol. The number of fused-ring (bicyclic) bond motifs is 1. The van der Waals surface area contributed by atoms with Gasteiger partial charge in [-0.2, -0.15) is 0 Å². The topological polar surface area (TPSA) is 96.7 Å². The van der Waals surface area contributed by atoms with E-state index in [0.717, 1.165) is 0 Å². The van der Waals surface area contributed by atoms with E-state index in [4.69, 9.17) is 16.3 Å². The lowest BCUT2D eigenvalue weighted by atomic mass is 9.92. The highest BCUT2D eigenvalue weighted by Gasteiger charge is 2.30. The number of aromatic amines is 1. The number of methoxy groups -OCH3 is 1. The summed E-state index contributed by atoms with van der Waals surface area (Å²) in [7, 11) is 1.26. The largest absolute Gasteiger partial charge is 0.507 e. The Labute approximate surface area is 145 Å². The van der Waals surface area contributed by atoms with Crippen LogP contribution in [0, 0.1) is 6.92 Å². The van der Waals surface area contributed by atoms with Gasteiger partial charge in [-0.05, 0) is 13.0 Å². The van der Waals surface area contributed by atoms with Crippen molar-refractivity contribution in [1.29, 1.82) is 0 Å². The zero-order chi connectivity index (χ0) is 17.4. The van der Waals surface area contributed by atoms with Gasteiger partial charge in [-0.15, -0.1) is 11.3 Å². The van der Waals surface area contributed by atoms with Gasteiger partial charge in [0.05, 0.1) is 24.8 Å². The Morgan fingerprint density at radius 1 is 1.58 bits per heavy atom. The number of nitrogens with zero attached hydrogens (tertiary/aromatic N) is 2. The van der Waals surface area contributed by atoms with Crippen LogP contribution >= 0.6 is 22.9 Å². The number of imidazole rings is 1. The predicted octanol–water partition coefficient (Wildman–Crippen LogP) is 2.45. The van der Waals surface area contributed by atoms with Crippen LogP contribution in [-0.4, -0.2) is 32.6 Å². The van der Waals surface area contributed by atoms with Crippen LogP contribution in [-0.2, 0) is 9.53 Å². The average Bonchev–Trinajstić information content (AvgIpc) is 3.05. The highest BCUT2D eigenvalue weighted by atomic mass is 35.5. The fourth-order valence-corrected chi connectivity index (χ4v) is 3.77. The van der Waals surface area contributed by atoms with Gasteiger partial charge in [-0.3, -0.25) is 14.0 Å². The average molecular weight is 368 g/mol. The third-order valence-corrected chi connectivity index (χ3v) is 4.75. The second-order valence-electron chi connectivity index (χ2n) is 5.26. The molecule has 126 valence electrons. The van der Waals surface area contributed by atoms with Crippen LogP contribution in [0.5, 0.6) is 5.75 Å². The fourth-order valence-electron chi connectivity index (χ4n) is 2.69. The van der Waals surface area contributed by atoms with Gasteiger partial charge in [0.15, 0.2) is 10.1 Å². The van der Waals surface area contributed by atoms with Crippen LogP contribution in [0.25, 0.3) is 4.96 Å². The van der Waals surface area contributed by atoms with Gasteiger partial charge in [-0.25, -0.2) is 4.98 Å². The number of hydrogen-bond donors (Lipinski definition) is 2. The number of thiazole rings is 1. The molecule has 3 heterocycles. The number of ether oxygens (including phenoxy) is 1. The van der Waals surface area contributed by atoms with E-state index in [1.165, 1.54) is 24.5 Å². The minimum Gasteiger partial charge on any atom is -0.507 e. The van der Waals surface area contributed by atoms with Crippen LogP contribution in [0.4, 0.5) is 0 Å². The van der Waals surface area contributed by atoms with E-state index in [1.54, 1.807) is 17.5 Å². The summed E-state index contributed by atoms with van der Waals surface area (Å²) in [6, 6.07) is 1.43. The lowest BCUT2D eigenvalue weighted by Crippen LogP contribution is -2.21. The van der Waals surface area contributed by atoms with Crippen LogP contribution in [0.1, 0.15) is 29.3 Å². The number of aryl methyl sites for hydroxylation is 1. The van der Waals surface area contributed by atoms with Gasteiger partial charge in [0.1, 0.15) is 5.75 Å². The van der Waals surface area contributed by atoms with Gasteiger partial charge in [0.25, 0.3) is 5.56 Å². The number of rotatable bonds is 4. The number of carbonyl (C=O) groups excluding carboxylic acids is 1. The molecule has 3 aromatic rings. The zero-order valence-electron chi connectivity index (χ0n) is 12.9. The Balaban J connectivity index is 2.25. The molecule has 2 N–H and O–H groups in total. The van der Waals surface area contributed by atoms with E-state index in [1.807, 2.05) is 5.38 Å². The maximum absolute atomic E-state index is 12.4. The van der Waals surface area contributed by atoms with Gasteiger partial charge in [0, 0.05) is 23.2 Å². The van der Waals surface area contributed by atoms with Crippen molar-refractivity contribution in [3.05, 3.63) is 50.1 Å². The first kappa shape index (κ1) is 16.5. The van der Waals surface area contributed by atoms with Crippen LogP contribution < -0.4 is 5.56 Å². The molecular weight excluding hydrogens is 354 g/mol. The standard InChI is InChI=1S/C15H14ClN3O4S/c1-7-5-9(20)11(14(22)17-7)8(6-10(21)23-2)12-13(16)18-15-19(12)3-4-24-15/h3-5,8H,6H2,1-2H3,(H2,17,20,22)/t8-/m1/s1. The molecule has 0 aromatic carbocycles. The molecule has 0 aliphatic rings. The normalized spacial score (nSPS) is 12.5. The molecule has 0 spiro atoms. The molecule has 0 aliphatic heterocycles. The molecule has 9 heteroatoms. The van der Waals surface area contributed by atoms with E-state index >= 15 is 0 Å². The summed E-state index contributed by atoms with van der Waals surface area (Å²) >= 11 is 7.62. The van der Waals surface area contributed by atoms with Crippen molar-refractivity contribution in [2.45, 2.75) is 19.3 Å². The highest BCUT2D eigenvalue weighted by molar-refractivity contribution is 7.15. The van der Waals surface area contributed by atoms with Crippen LogP contribution in [0.15, 0.2) is 22.4 Å². The lowest BCUT2D eigenvalue weighted by molar-refractivity contribution is -0.140. The molecule has 7 nitrogen and oxygen atoms in total. The monoisotopic (exact) mass is 367 g/mol. The maximum atomic E-state index is 12.4. The first-order valence-corrected chi connectivity index (χ1v) is 8.28. The minimum absolute atomic E-state index is 0.0564. The van der Waals surface area contributed by atoms with Crippen molar-refractivity contribution in [3.63, 3.8) is 0 Å². The minimum atomic E-state index is -0.793. The van der Waals surface area contributed by atoms with Gasteiger partial charge < -0.3 is 14.8 Å². The Morgan fingerprint density at radius 2 is 2.33 bits per heavy atom. The summed E-state index contributed by atoms with van der Waals surface area (Å²) in [5.41, 5.74) is 0.546. The van der Waals surface area contributed by atoms with E-state index in [-0.39, 0.29) is 22.9 Å². The molecule has 0 radical (unpaired) electrons. The number of H-pyrrole nitrogens is 1. The summed E-state index contributed by atoms with van der Waals surface area (Å²) in [6.07, 6.45) is 1.59. The Bertz CT molecular complexity index is 975. The van der Waals surface area contributed by atoms with Gasteiger partial charge >= 0.3 is 5.97 Å². The smallest absolute Gasteiger partial charge is 0.306 e. The number of halogens is 1.